The number of aryl methyl sites for hydroxylation is 1. The summed E-state index contributed by atoms with van der Waals surface area (Å²) in [6.07, 6.45) is 0. The minimum Gasteiger partial charge on any atom is -0.462 e. The molecule has 0 saturated carbocycles. The lowest BCUT2D eigenvalue weighted by Gasteiger charge is -2.06. The van der Waals surface area contributed by atoms with Gasteiger partial charge in [0.15, 0.2) is 5.13 Å². The first kappa shape index (κ1) is 17.6. The number of hydrogen-bond acceptors (Lipinski definition) is 6. The smallest absolute Gasteiger partial charge is 0.348 e. The summed E-state index contributed by atoms with van der Waals surface area (Å²) in [7, 11) is 0. The molecule has 0 aliphatic carbocycles. The molecule has 0 unspecified atom stereocenters. The molecule has 4 aromatic rings. The maximum Gasteiger partial charge on any atom is 0.348 e. The van der Waals surface area contributed by atoms with E-state index in [1.54, 1.807) is 13.0 Å². The van der Waals surface area contributed by atoms with E-state index in [9.17, 15) is 9.59 Å². The van der Waals surface area contributed by atoms with E-state index in [1.165, 1.54) is 22.7 Å². The van der Waals surface area contributed by atoms with Gasteiger partial charge in [0.05, 0.1) is 11.3 Å². The standard InChI is InChI=1S/C20H16N2O3S2/c1-3-25-19(24)16-11(2)15-18(26-16)22-20(27-15)21-17(23)14-10-6-8-12-7-4-5-9-13(12)14/h4-10H,3H2,1-2H3,(H,21,22,23). The molecule has 0 radical (unpaired) electrons. The van der Waals surface area contributed by atoms with Gasteiger partial charge < -0.3 is 4.74 Å². The Labute approximate surface area is 163 Å². The summed E-state index contributed by atoms with van der Waals surface area (Å²) in [5.41, 5.74) is 1.45. The Hall–Kier alpha value is -2.77. The molecule has 0 saturated heterocycles. The number of amides is 1. The van der Waals surface area contributed by atoms with Crippen molar-refractivity contribution in [2.45, 2.75) is 13.8 Å². The fourth-order valence-electron chi connectivity index (χ4n) is 2.92. The van der Waals surface area contributed by atoms with Gasteiger partial charge in [0.1, 0.15) is 9.71 Å². The molecule has 4 rings (SSSR count). The first-order chi connectivity index (χ1) is 13.1. The van der Waals surface area contributed by atoms with Crippen molar-refractivity contribution in [2.24, 2.45) is 0 Å². The summed E-state index contributed by atoms with van der Waals surface area (Å²) < 4.78 is 5.98. The van der Waals surface area contributed by atoms with Gasteiger partial charge in [-0.1, -0.05) is 47.7 Å². The molecule has 5 nitrogen and oxygen atoms in total. The molecule has 2 aromatic heterocycles. The number of ether oxygens (including phenoxy) is 1. The summed E-state index contributed by atoms with van der Waals surface area (Å²) in [5.74, 6) is -0.525. The molecule has 0 aliphatic heterocycles. The lowest BCUT2D eigenvalue weighted by Crippen LogP contribution is -2.12. The minimum absolute atomic E-state index is 0.198. The van der Waals surface area contributed by atoms with E-state index < -0.39 is 0 Å². The minimum atomic E-state index is -0.327. The van der Waals surface area contributed by atoms with Crippen LogP contribution in [0, 0.1) is 6.92 Å². The van der Waals surface area contributed by atoms with Crippen molar-refractivity contribution in [2.75, 3.05) is 11.9 Å². The maximum absolute atomic E-state index is 12.8. The molecule has 0 fully saturated rings. The lowest BCUT2D eigenvalue weighted by molar-refractivity contribution is 0.0531. The van der Waals surface area contributed by atoms with Crippen molar-refractivity contribution in [3.8, 4) is 0 Å². The topological polar surface area (TPSA) is 68.3 Å². The second-order valence-corrected chi connectivity index (χ2v) is 7.91. The van der Waals surface area contributed by atoms with Gasteiger partial charge in [-0.15, -0.1) is 11.3 Å². The van der Waals surface area contributed by atoms with Gasteiger partial charge in [0, 0.05) is 5.56 Å². The number of aromatic nitrogens is 1. The number of nitrogens with one attached hydrogen (secondary N) is 1. The van der Waals surface area contributed by atoms with E-state index in [0.717, 1.165) is 25.9 Å². The predicted octanol–water partition coefficient (Wildman–Crippen LogP) is 5.25. The van der Waals surface area contributed by atoms with Gasteiger partial charge in [-0.25, -0.2) is 9.78 Å². The number of carbonyl (C=O) groups is 2. The molecule has 1 amide bonds. The van der Waals surface area contributed by atoms with Crippen LogP contribution in [0.3, 0.4) is 0 Å². The first-order valence-corrected chi connectivity index (χ1v) is 10.1. The number of nitrogens with zero attached hydrogens (tertiary/aromatic N) is 1. The highest BCUT2D eigenvalue weighted by Crippen LogP contribution is 2.37. The average Bonchev–Trinajstić information content (AvgIpc) is 3.20. The van der Waals surface area contributed by atoms with Gasteiger partial charge in [-0.05, 0) is 36.2 Å². The molecule has 0 atom stereocenters. The average molecular weight is 396 g/mol. The van der Waals surface area contributed by atoms with Crippen LogP contribution in [0.2, 0.25) is 0 Å². The maximum atomic E-state index is 12.8. The number of carbonyl (C=O) groups excluding carboxylic acids is 2. The zero-order valence-electron chi connectivity index (χ0n) is 14.7. The number of hydrogen-bond donors (Lipinski definition) is 1. The van der Waals surface area contributed by atoms with Gasteiger partial charge >= 0.3 is 5.97 Å². The number of fused-ring (bicyclic) bond motifs is 2. The van der Waals surface area contributed by atoms with Gasteiger partial charge in [-0.3, -0.25) is 10.1 Å². The van der Waals surface area contributed by atoms with E-state index in [-0.39, 0.29) is 11.9 Å². The summed E-state index contributed by atoms with van der Waals surface area (Å²) in [6, 6.07) is 13.4. The third-order valence-electron chi connectivity index (χ3n) is 4.19. The quantitative estimate of drug-likeness (QED) is 0.479. The third-order valence-corrected chi connectivity index (χ3v) is 6.58. The predicted molar refractivity (Wildman–Crippen MR) is 110 cm³/mol. The number of thiophene rings is 1. The monoisotopic (exact) mass is 396 g/mol. The number of anilines is 1. The second-order valence-electron chi connectivity index (χ2n) is 5.91. The van der Waals surface area contributed by atoms with E-state index >= 15 is 0 Å². The van der Waals surface area contributed by atoms with Gasteiger partial charge in [0.2, 0.25) is 0 Å². The van der Waals surface area contributed by atoms with E-state index in [1.807, 2.05) is 43.3 Å². The van der Waals surface area contributed by atoms with Crippen LogP contribution in [0.25, 0.3) is 20.3 Å². The Morgan fingerprint density at radius 2 is 1.89 bits per heavy atom. The third kappa shape index (κ3) is 3.20. The van der Waals surface area contributed by atoms with Crippen LogP contribution < -0.4 is 5.32 Å². The Morgan fingerprint density at radius 1 is 1.11 bits per heavy atom. The van der Waals surface area contributed by atoms with Crippen LogP contribution in [0.5, 0.6) is 0 Å². The zero-order chi connectivity index (χ0) is 19.0. The lowest BCUT2D eigenvalue weighted by atomic mass is 10.0. The van der Waals surface area contributed by atoms with Crippen LogP contribution in [-0.4, -0.2) is 23.5 Å². The van der Waals surface area contributed by atoms with Crippen molar-refractivity contribution >= 4 is 60.0 Å². The van der Waals surface area contributed by atoms with E-state index in [0.29, 0.717) is 22.2 Å². The summed E-state index contributed by atoms with van der Waals surface area (Å²) in [4.78, 5) is 30.5. The molecule has 136 valence electrons. The Balaban J connectivity index is 1.63. The largest absolute Gasteiger partial charge is 0.462 e. The number of esters is 1. The van der Waals surface area contributed by atoms with Crippen molar-refractivity contribution in [1.29, 1.82) is 0 Å². The van der Waals surface area contributed by atoms with Crippen molar-refractivity contribution < 1.29 is 14.3 Å². The Morgan fingerprint density at radius 3 is 2.67 bits per heavy atom. The molecule has 2 aromatic carbocycles. The van der Waals surface area contributed by atoms with E-state index in [4.69, 9.17) is 4.74 Å². The van der Waals surface area contributed by atoms with Crippen molar-refractivity contribution in [1.82, 2.24) is 4.98 Å². The van der Waals surface area contributed by atoms with Crippen LogP contribution >= 0.6 is 22.7 Å². The fourth-order valence-corrected chi connectivity index (χ4v) is 5.13. The summed E-state index contributed by atoms with van der Waals surface area (Å²) >= 11 is 2.66. The van der Waals surface area contributed by atoms with Crippen LogP contribution in [0.15, 0.2) is 42.5 Å². The van der Waals surface area contributed by atoms with E-state index in [2.05, 4.69) is 10.3 Å². The molecule has 7 heteroatoms. The Bertz CT molecular complexity index is 1170. The molecule has 27 heavy (non-hydrogen) atoms. The molecular weight excluding hydrogens is 380 g/mol. The second kappa shape index (κ2) is 7.09. The highest BCUT2D eigenvalue weighted by atomic mass is 32.1. The zero-order valence-corrected chi connectivity index (χ0v) is 16.4. The molecule has 0 bridgehead atoms. The summed E-state index contributed by atoms with van der Waals surface area (Å²) in [5, 5.41) is 5.32. The molecular formula is C20H16N2O3S2. The van der Waals surface area contributed by atoms with Gasteiger partial charge in [0.25, 0.3) is 5.91 Å². The molecule has 0 spiro atoms. The van der Waals surface area contributed by atoms with Crippen molar-refractivity contribution in [3.63, 3.8) is 0 Å². The molecule has 2 heterocycles. The van der Waals surface area contributed by atoms with Crippen LogP contribution in [-0.2, 0) is 4.74 Å². The first-order valence-electron chi connectivity index (χ1n) is 8.44. The summed E-state index contributed by atoms with van der Waals surface area (Å²) in [6.45, 7) is 3.99. The van der Waals surface area contributed by atoms with Crippen molar-refractivity contribution in [3.05, 3.63) is 58.5 Å². The highest BCUT2D eigenvalue weighted by Gasteiger charge is 2.21. The fraction of sp³-hybridized carbons (Fsp3) is 0.150. The normalized spacial score (nSPS) is 11.0. The molecule has 0 aliphatic rings. The molecule has 1 N–H and O–H groups in total. The highest BCUT2D eigenvalue weighted by molar-refractivity contribution is 7.30. The Kier molecular flexibility index (Phi) is 4.63. The number of thiazole rings is 1. The number of benzene rings is 2. The number of rotatable bonds is 4. The van der Waals surface area contributed by atoms with Crippen LogP contribution in [0.4, 0.5) is 5.13 Å². The van der Waals surface area contributed by atoms with Gasteiger partial charge in [-0.2, -0.15) is 0 Å². The SMILES string of the molecule is CCOC(=O)c1sc2nc(NC(=O)c3cccc4ccccc34)sc2c1C. The van der Waals surface area contributed by atoms with Crippen LogP contribution in [0.1, 0.15) is 32.5 Å².